The molecule has 1 heterocycles. The van der Waals surface area contributed by atoms with Crippen molar-refractivity contribution in [1.82, 2.24) is 10.3 Å². The minimum Gasteiger partial charge on any atom is -0.468 e. The molecule has 0 fully saturated rings. The molecule has 2 rings (SSSR count). The molecule has 0 saturated carbocycles. The van der Waals surface area contributed by atoms with Gasteiger partial charge in [-0.2, -0.15) is 0 Å². The lowest BCUT2D eigenvalue weighted by atomic mass is 10.1. The molecule has 0 radical (unpaired) electrons. The summed E-state index contributed by atoms with van der Waals surface area (Å²) in [5.74, 6) is 0.933. The molecule has 32 heavy (non-hydrogen) atoms. The number of likely N-dealkylation sites (N-methyl/N-ethyl adjacent to an activating group) is 1. The third-order valence-electron chi connectivity index (χ3n) is 5.47. The number of nitrogens with one attached hydrogen (secondary N) is 1. The Bertz CT molecular complexity index is 767. The van der Waals surface area contributed by atoms with Crippen molar-refractivity contribution in [3.05, 3.63) is 47.5 Å². The second-order valence-corrected chi connectivity index (χ2v) is 8.19. The number of benzene rings is 1. The number of oxazole rings is 1. The summed E-state index contributed by atoms with van der Waals surface area (Å²) >= 11 is 0. The second kappa shape index (κ2) is 14.6. The van der Waals surface area contributed by atoms with Crippen molar-refractivity contribution in [2.45, 2.75) is 64.3 Å². The summed E-state index contributed by atoms with van der Waals surface area (Å²) in [5, 5.41) is 12.6. The lowest BCUT2D eigenvalue weighted by Crippen LogP contribution is -2.27. The van der Waals surface area contributed by atoms with Gasteiger partial charge in [0.05, 0.1) is 13.2 Å². The molecule has 0 aliphatic rings. The summed E-state index contributed by atoms with van der Waals surface area (Å²) < 4.78 is 11.1. The minimum absolute atomic E-state index is 0.000323. The molecular formula is C25H39N3O4. The van der Waals surface area contributed by atoms with Gasteiger partial charge in [-0.3, -0.25) is 4.79 Å². The van der Waals surface area contributed by atoms with Gasteiger partial charge in [-0.15, -0.1) is 0 Å². The minimum atomic E-state index is -0.325. The number of esters is 1. The van der Waals surface area contributed by atoms with Crippen molar-refractivity contribution < 1.29 is 19.1 Å². The number of carbonyl (C=O) groups is 1. The highest BCUT2D eigenvalue weighted by molar-refractivity contribution is 5.75. The van der Waals surface area contributed by atoms with Crippen LogP contribution in [0.25, 0.3) is 0 Å². The van der Waals surface area contributed by atoms with E-state index in [0.717, 1.165) is 43.5 Å². The van der Waals surface area contributed by atoms with Crippen LogP contribution in [0.5, 0.6) is 0 Å². The van der Waals surface area contributed by atoms with Crippen LogP contribution >= 0.6 is 0 Å². The highest BCUT2D eigenvalue weighted by Crippen LogP contribution is 2.29. The summed E-state index contributed by atoms with van der Waals surface area (Å²) in [6, 6.07) is 10.1. The van der Waals surface area contributed by atoms with Crippen LogP contribution in [0.2, 0.25) is 0 Å². The third-order valence-corrected chi connectivity index (χ3v) is 5.47. The van der Waals surface area contributed by atoms with E-state index in [9.17, 15) is 4.79 Å². The van der Waals surface area contributed by atoms with Gasteiger partial charge < -0.3 is 24.5 Å². The maximum absolute atomic E-state index is 11.9. The Hall–Kier alpha value is -2.38. The fourth-order valence-electron chi connectivity index (χ4n) is 3.64. The topological polar surface area (TPSA) is 87.8 Å². The van der Waals surface area contributed by atoms with Gasteiger partial charge >= 0.3 is 5.97 Å². The first kappa shape index (κ1) is 25.9. The van der Waals surface area contributed by atoms with E-state index in [1.54, 1.807) is 4.90 Å². The van der Waals surface area contributed by atoms with Gasteiger partial charge in [-0.05, 0) is 31.4 Å². The Labute approximate surface area is 192 Å². The highest BCUT2D eigenvalue weighted by Gasteiger charge is 2.24. The zero-order valence-electron chi connectivity index (χ0n) is 19.8. The van der Waals surface area contributed by atoms with Crippen molar-refractivity contribution in [1.29, 1.82) is 0 Å². The van der Waals surface area contributed by atoms with Crippen molar-refractivity contribution in [3.8, 4) is 0 Å². The van der Waals surface area contributed by atoms with E-state index >= 15 is 0 Å². The number of ether oxygens (including phenoxy) is 1. The van der Waals surface area contributed by atoms with Gasteiger partial charge in [0.1, 0.15) is 12.2 Å². The molecule has 0 saturated heterocycles. The molecule has 178 valence electrons. The number of hydrogen-bond acceptors (Lipinski definition) is 7. The van der Waals surface area contributed by atoms with E-state index in [-0.39, 0.29) is 25.2 Å². The molecule has 7 heteroatoms. The van der Waals surface area contributed by atoms with Crippen LogP contribution < -0.4 is 10.2 Å². The predicted octanol–water partition coefficient (Wildman–Crippen LogP) is 4.25. The fourth-order valence-corrected chi connectivity index (χ4v) is 3.64. The normalized spacial score (nSPS) is 12.0. The summed E-state index contributed by atoms with van der Waals surface area (Å²) in [4.78, 5) is 18.5. The van der Waals surface area contributed by atoms with E-state index in [2.05, 4.69) is 24.4 Å². The summed E-state index contributed by atoms with van der Waals surface area (Å²) in [7, 11) is 3.20. The fraction of sp³-hybridized carbons (Fsp3) is 0.600. The smallest absolute Gasteiger partial charge is 0.325 e. The van der Waals surface area contributed by atoms with E-state index in [0.29, 0.717) is 18.2 Å². The summed E-state index contributed by atoms with van der Waals surface area (Å²) in [6.45, 7) is 3.30. The molecule has 0 spiro atoms. The van der Waals surface area contributed by atoms with Crippen molar-refractivity contribution in [2.24, 2.45) is 0 Å². The van der Waals surface area contributed by atoms with Gasteiger partial charge in [-0.25, -0.2) is 4.98 Å². The largest absolute Gasteiger partial charge is 0.468 e. The lowest BCUT2D eigenvalue weighted by Gasteiger charge is -2.17. The molecular weight excluding hydrogens is 406 g/mol. The average molecular weight is 446 g/mol. The monoisotopic (exact) mass is 445 g/mol. The zero-order valence-corrected chi connectivity index (χ0v) is 19.8. The predicted molar refractivity (Wildman–Crippen MR) is 127 cm³/mol. The molecule has 0 aliphatic heterocycles. The van der Waals surface area contributed by atoms with E-state index < -0.39 is 0 Å². The van der Waals surface area contributed by atoms with E-state index in [1.807, 2.05) is 25.2 Å². The number of aliphatic hydroxyl groups excluding tert-OH is 1. The molecule has 1 aromatic carbocycles. The Morgan fingerprint density at radius 2 is 1.97 bits per heavy atom. The average Bonchev–Trinajstić information content (AvgIpc) is 3.22. The van der Waals surface area contributed by atoms with Crippen molar-refractivity contribution in [2.75, 3.05) is 38.8 Å². The molecule has 1 atom stereocenters. The molecule has 1 aromatic heterocycles. The van der Waals surface area contributed by atoms with Crippen molar-refractivity contribution in [3.63, 3.8) is 0 Å². The first-order chi connectivity index (χ1) is 15.6. The number of nitrogens with zero attached hydrogens (tertiary/aromatic N) is 2. The molecule has 0 amide bonds. The lowest BCUT2D eigenvalue weighted by molar-refractivity contribution is -0.138. The van der Waals surface area contributed by atoms with Crippen LogP contribution in [0.1, 0.15) is 75.1 Å². The second-order valence-electron chi connectivity index (χ2n) is 8.19. The number of carbonyl (C=O) groups excluding carboxylic acids is 1. The van der Waals surface area contributed by atoms with Crippen LogP contribution in [0, 0.1) is 0 Å². The number of unbranched alkanes of at least 4 members (excludes halogenated alkanes) is 4. The third kappa shape index (κ3) is 8.63. The molecule has 0 bridgehead atoms. The number of anilines is 1. The first-order valence-corrected chi connectivity index (χ1v) is 11.7. The molecule has 2 N–H and O–H groups in total. The Morgan fingerprint density at radius 3 is 2.66 bits per heavy atom. The Kier molecular flexibility index (Phi) is 11.8. The number of methoxy groups -OCH3 is 1. The Morgan fingerprint density at radius 1 is 1.19 bits per heavy atom. The Balaban J connectivity index is 2.25. The van der Waals surface area contributed by atoms with Gasteiger partial charge in [0.25, 0.3) is 0 Å². The van der Waals surface area contributed by atoms with Gasteiger partial charge in [0.2, 0.25) is 11.8 Å². The van der Waals surface area contributed by atoms with Gasteiger partial charge in [0.15, 0.2) is 0 Å². The molecule has 0 aliphatic carbocycles. The van der Waals surface area contributed by atoms with Crippen LogP contribution in [-0.2, 0) is 16.0 Å². The van der Waals surface area contributed by atoms with Crippen LogP contribution in [0.4, 0.5) is 5.88 Å². The van der Waals surface area contributed by atoms with Crippen LogP contribution in [0.15, 0.2) is 34.7 Å². The van der Waals surface area contributed by atoms with Crippen LogP contribution in [0.3, 0.4) is 0 Å². The van der Waals surface area contributed by atoms with Gasteiger partial charge in [-0.1, -0.05) is 62.9 Å². The maximum atomic E-state index is 11.9. The molecule has 1 unspecified atom stereocenters. The number of aliphatic hydroxyl groups is 1. The quantitative estimate of drug-likeness (QED) is 0.295. The molecule has 2 aromatic rings. The first-order valence-electron chi connectivity index (χ1n) is 11.7. The zero-order chi connectivity index (χ0) is 23.2. The summed E-state index contributed by atoms with van der Waals surface area (Å²) in [5.41, 5.74) is 1.95. The molecule has 7 nitrogen and oxygen atoms in total. The van der Waals surface area contributed by atoms with Crippen molar-refractivity contribution >= 4 is 11.9 Å². The highest BCUT2D eigenvalue weighted by atomic mass is 16.5. The summed E-state index contributed by atoms with van der Waals surface area (Å²) in [6.07, 6.45) is 7.91. The van der Waals surface area contributed by atoms with Gasteiger partial charge in [0, 0.05) is 20.1 Å². The number of rotatable bonds is 16. The van der Waals surface area contributed by atoms with E-state index in [4.69, 9.17) is 19.2 Å². The number of hydrogen-bond donors (Lipinski definition) is 2. The van der Waals surface area contributed by atoms with E-state index in [1.165, 1.54) is 26.4 Å². The number of aromatic nitrogens is 1. The van der Waals surface area contributed by atoms with Crippen LogP contribution in [-0.4, -0.2) is 49.9 Å². The maximum Gasteiger partial charge on any atom is 0.325 e. The SMILES string of the molecule is CCCCCCC(NCCCCO)c1nc(Cc2ccccc2)c(N(C)CC(=O)OC)o1. The standard InChI is InChI=1S/C25H39N3O4/c1-4-5-6-10-15-21(26-16-11-12-17-29)24-27-22(18-20-13-8-7-9-14-20)25(32-24)28(2)19-23(30)31-3/h7-9,13-14,21,26,29H,4-6,10-12,15-19H2,1-3H3.